The van der Waals surface area contributed by atoms with Gasteiger partial charge in [-0.25, -0.2) is 0 Å². The van der Waals surface area contributed by atoms with Crippen LogP contribution in [0, 0.1) is 17.8 Å². The van der Waals surface area contributed by atoms with Crippen molar-refractivity contribution < 1.29 is 4.79 Å². The third-order valence-corrected chi connectivity index (χ3v) is 4.55. The standard InChI is InChI=1S/C19H28O/c1-13-10-14(2)12-15(11-13)18(20)16-8-6-7-9-17(16)19(3,4)5/h6-9,13-15H,10-12H2,1-5H3. The Balaban J connectivity index is 2.30. The summed E-state index contributed by atoms with van der Waals surface area (Å²) in [5, 5.41) is 0. The normalized spacial score (nSPS) is 27.4. The van der Waals surface area contributed by atoms with Gasteiger partial charge in [0.25, 0.3) is 0 Å². The Kier molecular flexibility index (Phi) is 4.36. The Bertz CT molecular complexity index is 471. The van der Waals surface area contributed by atoms with Crippen molar-refractivity contribution in [2.24, 2.45) is 17.8 Å². The summed E-state index contributed by atoms with van der Waals surface area (Å²) in [7, 11) is 0. The molecule has 0 N–H and O–H groups in total. The highest BCUT2D eigenvalue weighted by molar-refractivity contribution is 5.99. The van der Waals surface area contributed by atoms with E-state index in [1.54, 1.807) is 0 Å². The van der Waals surface area contributed by atoms with Gasteiger partial charge in [0, 0.05) is 11.5 Å². The van der Waals surface area contributed by atoms with E-state index in [9.17, 15) is 4.79 Å². The summed E-state index contributed by atoms with van der Waals surface area (Å²) in [6, 6.07) is 8.18. The molecule has 2 rings (SSSR count). The van der Waals surface area contributed by atoms with Crippen LogP contribution in [0.25, 0.3) is 0 Å². The summed E-state index contributed by atoms with van der Waals surface area (Å²) in [6.45, 7) is 11.1. The Hall–Kier alpha value is -1.11. The van der Waals surface area contributed by atoms with Crippen molar-refractivity contribution in [3.63, 3.8) is 0 Å². The Morgan fingerprint density at radius 3 is 2.10 bits per heavy atom. The molecule has 0 saturated heterocycles. The third-order valence-electron chi connectivity index (χ3n) is 4.55. The lowest BCUT2D eigenvalue weighted by Gasteiger charge is -2.32. The van der Waals surface area contributed by atoms with Crippen LogP contribution < -0.4 is 0 Å². The van der Waals surface area contributed by atoms with E-state index >= 15 is 0 Å². The number of Topliss-reactive ketones (excluding diaryl/α,β-unsaturated/α-hetero) is 1. The lowest BCUT2D eigenvalue weighted by molar-refractivity contribution is 0.0834. The van der Waals surface area contributed by atoms with E-state index in [1.807, 2.05) is 18.2 Å². The summed E-state index contributed by atoms with van der Waals surface area (Å²) >= 11 is 0. The second kappa shape index (κ2) is 5.71. The predicted molar refractivity (Wildman–Crippen MR) is 85.1 cm³/mol. The van der Waals surface area contributed by atoms with Crippen LogP contribution >= 0.6 is 0 Å². The van der Waals surface area contributed by atoms with Gasteiger partial charge in [-0.2, -0.15) is 0 Å². The van der Waals surface area contributed by atoms with Gasteiger partial charge in [0.2, 0.25) is 0 Å². The minimum absolute atomic E-state index is 0.0259. The van der Waals surface area contributed by atoms with Gasteiger partial charge in [-0.15, -0.1) is 0 Å². The quantitative estimate of drug-likeness (QED) is 0.673. The van der Waals surface area contributed by atoms with Crippen molar-refractivity contribution in [2.75, 3.05) is 0 Å². The van der Waals surface area contributed by atoms with Crippen molar-refractivity contribution in [1.82, 2.24) is 0 Å². The Morgan fingerprint density at radius 1 is 1.00 bits per heavy atom. The third kappa shape index (κ3) is 3.31. The molecule has 20 heavy (non-hydrogen) atoms. The zero-order chi connectivity index (χ0) is 14.9. The molecule has 0 spiro atoms. The fraction of sp³-hybridized carbons (Fsp3) is 0.632. The number of carbonyl (C=O) groups is 1. The van der Waals surface area contributed by atoms with Gasteiger partial charge < -0.3 is 0 Å². The summed E-state index contributed by atoms with van der Waals surface area (Å²) in [5.74, 6) is 1.94. The Labute approximate surface area is 123 Å². The molecule has 0 amide bonds. The molecule has 1 aromatic carbocycles. The fourth-order valence-corrected chi connectivity index (χ4v) is 3.73. The summed E-state index contributed by atoms with van der Waals surface area (Å²) < 4.78 is 0. The van der Waals surface area contributed by atoms with Crippen molar-refractivity contribution in [2.45, 2.75) is 59.3 Å². The molecular weight excluding hydrogens is 244 g/mol. The molecule has 0 heterocycles. The first-order valence-electron chi connectivity index (χ1n) is 7.92. The number of benzene rings is 1. The highest BCUT2D eigenvalue weighted by Gasteiger charge is 2.31. The second-order valence-electron chi connectivity index (χ2n) is 7.77. The van der Waals surface area contributed by atoms with E-state index in [2.05, 4.69) is 40.7 Å². The SMILES string of the molecule is CC1CC(C)CC(C(=O)c2ccccc2C(C)(C)C)C1. The van der Waals surface area contributed by atoms with E-state index in [-0.39, 0.29) is 11.3 Å². The minimum Gasteiger partial charge on any atom is -0.294 e. The maximum absolute atomic E-state index is 13.0. The fourth-order valence-electron chi connectivity index (χ4n) is 3.73. The lowest BCUT2D eigenvalue weighted by atomic mass is 9.72. The second-order valence-corrected chi connectivity index (χ2v) is 7.77. The van der Waals surface area contributed by atoms with E-state index < -0.39 is 0 Å². The maximum Gasteiger partial charge on any atom is 0.166 e. The highest BCUT2D eigenvalue weighted by atomic mass is 16.1. The van der Waals surface area contributed by atoms with Gasteiger partial charge in [0.1, 0.15) is 0 Å². The smallest absolute Gasteiger partial charge is 0.166 e. The average Bonchev–Trinajstić information content (AvgIpc) is 2.35. The van der Waals surface area contributed by atoms with Crippen LogP contribution in [0.15, 0.2) is 24.3 Å². The number of carbonyl (C=O) groups excluding carboxylic acids is 1. The molecule has 1 aliphatic carbocycles. The van der Waals surface area contributed by atoms with E-state index in [0.29, 0.717) is 17.6 Å². The van der Waals surface area contributed by atoms with Gasteiger partial charge in [0.15, 0.2) is 5.78 Å². The van der Waals surface area contributed by atoms with Gasteiger partial charge >= 0.3 is 0 Å². The van der Waals surface area contributed by atoms with Crippen LogP contribution in [0.1, 0.15) is 69.8 Å². The molecule has 0 aromatic heterocycles. The Morgan fingerprint density at radius 2 is 1.55 bits per heavy atom. The topological polar surface area (TPSA) is 17.1 Å². The van der Waals surface area contributed by atoms with Crippen LogP contribution in [0.4, 0.5) is 0 Å². The summed E-state index contributed by atoms with van der Waals surface area (Å²) in [5.41, 5.74) is 2.17. The number of ketones is 1. The van der Waals surface area contributed by atoms with Gasteiger partial charge in [-0.3, -0.25) is 4.79 Å². The molecule has 1 heteroatoms. The van der Waals surface area contributed by atoms with Crippen LogP contribution in [0.2, 0.25) is 0 Å². The molecule has 1 aliphatic rings. The van der Waals surface area contributed by atoms with Gasteiger partial charge in [-0.05, 0) is 42.1 Å². The van der Waals surface area contributed by atoms with E-state index in [0.717, 1.165) is 18.4 Å². The maximum atomic E-state index is 13.0. The first-order chi connectivity index (χ1) is 9.29. The van der Waals surface area contributed by atoms with Crippen LogP contribution in [0.5, 0.6) is 0 Å². The molecule has 1 aromatic rings. The first kappa shape index (κ1) is 15.3. The zero-order valence-corrected chi connectivity index (χ0v) is 13.6. The van der Waals surface area contributed by atoms with E-state index in [1.165, 1.54) is 12.0 Å². The largest absolute Gasteiger partial charge is 0.294 e. The molecule has 2 atom stereocenters. The molecule has 0 radical (unpaired) electrons. The number of hydrogen-bond acceptors (Lipinski definition) is 1. The van der Waals surface area contributed by atoms with Crippen molar-refractivity contribution in [3.05, 3.63) is 35.4 Å². The molecule has 0 bridgehead atoms. The van der Waals surface area contributed by atoms with Crippen molar-refractivity contribution in [3.8, 4) is 0 Å². The lowest BCUT2D eigenvalue weighted by Crippen LogP contribution is -2.28. The van der Waals surface area contributed by atoms with Gasteiger partial charge in [0.05, 0.1) is 0 Å². The molecule has 0 aliphatic heterocycles. The van der Waals surface area contributed by atoms with Crippen LogP contribution in [0.3, 0.4) is 0 Å². The first-order valence-corrected chi connectivity index (χ1v) is 7.92. The van der Waals surface area contributed by atoms with Crippen LogP contribution in [-0.2, 0) is 5.41 Å². The average molecular weight is 272 g/mol. The highest BCUT2D eigenvalue weighted by Crippen LogP contribution is 2.36. The molecular formula is C19H28O. The van der Waals surface area contributed by atoms with E-state index in [4.69, 9.17) is 0 Å². The van der Waals surface area contributed by atoms with Crippen molar-refractivity contribution >= 4 is 5.78 Å². The molecule has 1 nitrogen and oxygen atoms in total. The predicted octanol–water partition coefficient (Wildman–Crippen LogP) is 5.24. The monoisotopic (exact) mass is 272 g/mol. The molecule has 1 saturated carbocycles. The molecule has 1 fully saturated rings. The van der Waals surface area contributed by atoms with Gasteiger partial charge in [-0.1, -0.05) is 58.9 Å². The summed E-state index contributed by atoms with van der Waals surface area (Å²) in [4.78, 5) is 13.0. The molecule has 110 valence electrons. The van der Waals surface area contributed by atoms with Crippen LogP contribution in [-0.4, -0.2) is 5.78 Å². The zero-order valence-electron chi connectivity index (χ0n) is 13.6. The molecule has 2 unspecified atom stereocenters. The minimum atomic E-state index is 0.0259. The number of hydrogen-bond donors (Lipinski definition) is 0. The summed E-state index contributed by atoms with van der Waals surface area (Å²) in [6.07, 6.45) is 3.38. The number of rotatable bonds is 2. The van der Waals surface area contributed by atoms with Crippen molar-refractivity contribution in [1.29, 1.82) is 0 Å².